The Morgan fingerprint density at radius 3 is 2.33 bits per heavy atom. The molecule has 0 spiro atoms. The Bertz CT molecular complexity index is 787. The fraction of sp³-hybridized carbons (Fsp3) is 0.333. The van der Waals surface area contributed by atoms with Gasteiger partial charge >= 0.3 is 0 Å². The number of nitrogens with zero attached hydrogens (tertiary/aromatic N) is 1. The second-order valence-electron chi connectivity index (χ2n) is 6.23. The highest BCUT2D eigenvalue weighted by atomic mass is 16.5. The number of nitrogens with one attached hydrogen (secondary N) is 1. The third-order valence-corrected chi connectivity index (χ3v) is 4.20. The van der Waals surface area contributed by atoms with Gasteiger partial charge in [0.05, 0.1) is 19.9 Å². The molecule has 2 aromatic rings. The number of rotatable bonds is 8. The van der Waals surface area contributed by atoms with Gasteiger partial charge in [-0.05, 0) is 48.7 Å². The first kappa shape index (κ1) is 20.3. The largest absolute Gasteiger partial charge is 0.497 e. The molecular formula is C21H26N2O4. The Labute approximate surface area is 160 Å². The van der Waals surface area contributed by atoms with Gasteiger partial charge in [-0.3, -0.25) is 14.5 Å². The van der Waals surface area contributed by atoms with Crippen LogP contribution in [-0.2, 0) is 16.0 Å². The summed E-state index contributed by atoms with van der Waals surface area (Å²) >= 11 is 0. The molecule has 0 aromatic heterocycles. The van der Waals surface area contributed by atoms with Gasteiger partial charge in [0.15, 0.2) is 0 Å². The molecule has 27 heavy (non-hydrogen) atoms. The molecule has 2 rings (SSSR count). The Kier molecular flexibility index (Phi) is 7.23. The summed E-state index contributed by atoms with van der Waals surface area (Å²) < 4.78 is 10.5. The molecule has 0 aliphatic heterocycles. The zero-order valence-corrected chi connectivity index (χ0v) is 16.2. The van der Waals surface area contributed by atoms with Crippen LogP contribution >= 0.6 is 0 Å². The van der Waals surface area contributed by atoms with Gasteiger partial charge < -0.3 is 14.8 Å². The minimum absolute atomic E-state index is 0.0578. The summed E-state index contributed by atoms with van der Waals surface area (Å²) in [6.45, 7) is 3.79. The van der Waals surface area contributed by atoms with Crippen LogP contribution < -0.4 is 19.7 Å². The quantitative estimate of drug-likeness (QED) is 0.776. The highest BCUT2D eigenvalue weighted by Gasteiger charge is 2.19. The second-order valence-corrected chi connectivity index (χ2v) is 6.23. The van der Waals surface area contributed by atoms with Crippen molar-refractivity contribution in [3.05, 3.63) is 53.6 Å². The van der Waals surface area contributed by atoms with E-state index in [1.807, 2.05) is 43.3 Å². The first-order chi connectivity index (χ1) is 12.9. The van der Waals surface area contributed by atoms with E-state index in [-0.39, 0.29) is 18.4 Å². The van der Waals surface area contributed by atoms with Crippen molar-refractivity contribution >= 4 is 17.5 Å². The highest BCUT2D eigenvalue weighted by Crippen LogP contribution is 2.29. The van der Waals surface area contributed by atoms with E-state index in [4.69, 9.17) is 9.47 Å². The highest BCUT2D eigenvalue weighted by molar-refractivity contribution is 5.98. The molecule has 0 heterocycles. The molecule has 6 nitrogen and oxygen atoms in total. The maximum Gasteiger partial charge on any atom is 0.240 e. The van der Waals surface area contributed by atoms with E-state index in [1.165, 1.54) is 11.8 Å². The summed E-state index contributed by atoms with van der Waals surface area (Å²) in [6, 6.07) is 13.2. The van der Waals surface area contributed by atoms with Crippen LogP contribution in [0, 0.1) is 6.92 Å². The van der Waals surface area contributed by atoms with Gasteiger partial charge in [0.2, 0.25) is 11.8 Å². The van der Waals surface area contributed by atoms with Crippen LogP contribution in [0.4, 0.5) is 5.69 Å². The van der Waals surface area contributed by atoms with Crippen molar-refractivity contribution in [1.29, 1.82) is 0 Å². The molecule has 1 N–H and O–H groups in total. The lowest BCUT2D eigenvalue weighted by molar-refractivity contribution is -0.123. The summed E-state index contributed by atoms with van der Waals surface area (Å²) in [7, 11) is 3.17. The van der Waals surface area contributed by atoms with E-state index < -0.39 is 0 Å². The molecule has 2 aromatic carbocycles. The molecule has 0 aliphatic carbocycles. The predicted molar refractivity (Wildman–Crippen MR) is 105 cm³/mol. The number of hydrogen-bond donors (Lipinski definition) is 1. The van der Waals surface area contributed by atoms with Crippen LogP contribution in [0.5, 0.6) is 11.5 Å². The summed E-state index contributed by atoms with van der Waals surface area (Å²) in [5.74, 6) is 0.917. The van der Waals surface area contributed by atoms with Gasteiger partial charge in [-0.1, -0.05) is 18.2 Å². The molecule has 0 unspecified atom stereocenters. The van der Waals surface area contributed by atoms with E-state index in [0.717, 1.165) is 16.9 Å². The Hall–Kier alpha value is -3.02. The van der Waals surface area contributed by atoms with Crippen molar-refractivity contribution < 1.29 is 19.1 Å². The minimum Gasteiger partial charge on any atom is -0.497 e. The number of methoxy groups -OCH3 is 2. The van der Waals surface area contributed by atoms with Crippen molar-refractivity contribution in [2.24, 2.45) is 0 Å². The van der Waals surface area contributed by atoms with Gasteiger partial charge in [-0.25, -0.2) is 0 Å². The zero-order chi connectivity index (χ0) is 19.8. The second kappa shape index (κ2) is 9.62. The molecule has 0 saturated heterocycles. The zero-order valence-electron chi connectivity index (χ0n) is 16.2. The smallest absolute Gasteiger partial charge is 0.240 e. The number of hydrogen-bond acceptors (Lipinski definition) is 4. The number of aryl methyl sites for hydroxylation is 1. The van der Waals surface area contributed by atoms with Gasteiger partial charge in [-0.15, -0.1) is 0 Å². The summed E-state index contributed by atoms with van der Waals surface area (Å²) in [5, 5.41) is 2.86. The fourth-order valence-electron chi connectivity index (χ4n) is 2.72. The van der Waals surface area contributed by atoms with E-state index in [9.17, 15) is 9.59 Å². The number of ether oxygens (including phenoxy) is 2. The van der Waals surface area contributed by atoms with Crippen molar-refractivity contribution in [3.8, 4) is 11.5 Å². The first-order valence-electron chi connectivity index (χ1n) is 8.77. The topological polar surface area (TPSA) is 67.9 Å². The molecule has 0 saturated carbocycles. The summed E-state index contributed by atoms with van der Waals surface area (Å²) in [6.07, 6.45) is 0.698. The predicted octanol–water partition coefficient (Wildman–Crippen LogP) is 2.72. The van der Waals surface area contributed by atoms with Crippen molar-refractivity contribution in [3.63, 3.8) is 0 Å². The molecule has 0 atom stereocenters. The monoisotopic (exact) mass is 370 g/mol. The molecular weight excluding hydrogens is 344 g/mol. The standard InChI is InChI=1S/C21H26N2O4/c1-15-5-10-20(27-4)19(13-15)23(16(2)24)14-21(25)22-12-11-17-6-8-18(26-3)9-7-17/h5-10,13H,11-12,14H2,1-4H3,(H,22,25). The lowest BCUT2D eigenvalue weighted by Gasteiger charge is -2.23. The number of anilines is 1. The Morgan fingerprint density at radius 2 is 1.74 bits per heavy atom. The van der Waals surface area contributed by atoms with Crippen LogP contribution in [0.2, 0.25) is 0 Å². The van der Waals surface area contributed by atoms with Gasteiger partial charge in [0, 0.05) is 13.5 Å². The van der Waals surface area contributed by atoms with Crippen LogP contribution in [0.15, 0.2) is 42.5 Å². The number of benzene rings is 2. The van der Waals surface area contributed by atoms with Gasteiger partial charge in [0.1, 0.15) is 18.0 Å². The van der Waals surface area contributed by atoms with Gasteiger partial charge in [-0.2, -0.15) is 0 Å². The SMILES string of the molecule is COc1ccc(CCNC(=O)CN(C(C)=O)c2cc(C)ccc2OC)cc1. The maximum atomic E-state index is 12.3. The molecule has 0 radical (unpaired) electrons. The normalized spacial score (nSPS) is 10.2. The van der Waals surface area contributed by atoms with Crippen LogP contribution in [0.3, 0.4) is 0 Å². The molecule has 0 fully saturated rings. The third-order valence-electron chi connectivity index (χ3n) is 4.20. The molecule has 0 aliphatic rings. The van der Waals surface area contributed by atoms with Crippen LogP contribution in [0.1, 0.15) is 18.1 Å². The van der Waals surface area contributed by atoms with E-state index in [1.54, 1.807) is 20.3 Å². The number of amides is 2. The van der Waals surface area contributed by atoms with E-state index in [0.29, 0.717) is 24.4 Å². The first-order valence-corrected chi connectivity index (χ1v) is 8.77. The minimum atomic E-state index is -0.220. The molecule has 144 valence electrons. The van der Waals surface area contributed by atoms with Crippen LogP contribution in [-0.4, -0.2) is 39.1 Å². The molecule has 2 amide bonds. The molecule has 6 heteroatoms. The lowest BCUT2D eigenvalue weighted by atomic mass is 10.1. The average molecular weight is 370 g/mol. The number of carbonyl (C=O) groups is 2. The average Bonchev–Trinajstić information content (AvgIpc) is 2.66. The maximum absolute atomic E-state index is 12.3. The van der Waals surface area contributed by atoms with Crippen molar-refractivity contribution in [2.45, 2.75) is 20.3 Å². The van der Waals surface area contributed by atoms with E-state index >= 15 is 0 Å². The van der Waals surface area contributed by atoms with Gasteiger partial charge in [0.25, 0.3) is 0 Å². The fourth-order valence-corrected chi connectivity index (χ4v) is 2.72. The van der Waals surface area contributed by atoms with Crippen molar-refractivity contribution in [1.82, 2.24) is 5.32 Å². The number of carbonyl (C=O) groups excluding carboxylic acids is 2. The van der Waals surface area contributed by atoms with Crippen molar-refractivity contribution in [2.75, 3.05) is 32.2 Å². The van der Waals surface area contributed by atoms with Crippen LogP contribution in [0.25, 0.3) is 0 Å². The molecule has 0 bridgehead atoms. The Balaban J connectivity index is 1.97. The summed E-state index contributed by atoms with van der Waals surface area (Å²) in [5.41, 5.74) is 2.67. The Morgan fingerprint density at radius 1 is 1.04 bits per heavy atom. The van der Waals surface area contributed by atoms with E-state index in [2.05, 4.69) is 5.32 Å². The third kappa shape index (κ3) is 5.74. The lowest BCUT2D eigenvalue weighted by Crippen LogP contribution is -2.40. The summed E-state index contributed by atoms with van der Waals surface area (Å²) in [4.78, 5) is 25.9.